The maximum atomic E-state index is 13.1. The minimum atomic E-state index is -3.80. The molecule has 0 radical (unpaired) electrons. The molecule has 28 heavy (non-hydrogen) atoms. The number of carbonyl (C=O) groups is 2. The lowest BCUT2D eigenvalue weighted by Gasteiger charge is -2.22. The van der Waals surface area contributed by atoms with Gasteiger partial charge in [-0.25, -0.2) is 17.6 Å². The van der Waals surface area contributed by atoms with E-state index in [-0.39, 0.29) is 28.6 Å². The first kappa shape index (κ1) is 21.6. The summed E-state index contributed by atoms with van der Waals surface area (Å²) in [4.78, 5) is 24.2. The van der Waals surface area contributed by atoms with Crippen LogP contribution >= 0.6 is 11.6 Å². The summed E-state index contributed by atoms with van der Waals surface area (Å²) >= 11 is 5.97. The molecule has 0 aliphatic rings. The Morgan fingerprint density at radius 1 is 1.18 bits per heavy atom. The number of ether oxygens (including phenoxy) is 1. The molecular formula is C18H18ClFN2O5S. The predicted octanol–water partition coefficient (Wildman–Crippen LogP) is 3.06. The van der Waals surface area contributed by atoms with Gasteiger partial charge >= 0.3 is 5.97 Å². The third-order valence-corrected chi connectivity index (χ3v) is 5.02. The van der Waals surface area contributed by atoms with Crippen molar-refractivity contribution in [3.05, 3.63) is 58.9 Å². The van der Waals surface area contributed by atoms with Crippen molar-refractivity contribution in [1.29, 1.82) is 0 Å². The molecule has 0 unspecified atom stereocenters. The van der Waals surface area contributed by atoms with E-state index in [9.17, 15) is 22.4 Å². The molecule has 150 valence electrons. The molecule has 10 heteroatoms. The number of amides is 1. The molecule has 0 aromatic heterocycles. The predicted molar refractivity (Wildman–Crippen MR) is 105 cm³/mol. The van der Waals surface area contributed by atoms with Crippen LogP contribution in [0, 0.1) is 5.82 Å². The van der Waals surface area contributed by atoms with Gasteiger partial charge in [-0.2, -0.15) is 0 Å². The Balaban J connectivity index is 2.20. The minimum Gasteiger partial charge on any atom is -0.462 e. The number of halogens is 2. The van der Waals surface area contributed by atoms with E-state index >= 15 is 0 Å². The molecule has 0 fully saturated rings. The summed E-state index contributed by atoms with van der Waals surface area (Å²) in [5.74, 6) is -1.84. The number of nitrogens with zero attached hydrogens (tertiary/aromatic N) is 1. The summed E-state index contributed by atoms with van der Waals surface area (Å²) < 4.78 is 42.9. The van der Waals surface area contributed by atoms with Crippen LogP contribution in [0.1, 0.15) is 17.3 Å². The van der Waals surface area contributed by atoms with Gasteiger partial charge in [0.15, 0.2) is 0 Å². The van der Waals surface area contributed by atoms with Crippen LogP contribution in [0.3, 0.4) is 0 Å². The van der Waals surface area contributed by atoms with Crippen molar-refractivity contribution in [3.8, 4) is 0 Å². The smallest absolute Gasteiger partial charge is 0.339 e. The van der Waals surface area contributed by atoms with Crippen LogP contribution < -0.4 is 9.62 Å². The first-order valence-corrected chi connectivity index (χ1v) is 10.3. The van der Waals surface area contributed by atoms with E-state index in [1.807, 2.05) is 0 Å². The SMILES string of the molecule is CCOC(=O)c1cc(NC(=O)CN(c2ccc(F)cc2)S(C)(=O)=O)ccc1Cl. The molecule has 0 bridgehead atoms. The molecule has 0 aliphatic carbocycles. The summed E-state index contributed by atoms with van der Waals surface area (Å²) in [6, 6.07) is 8.91. The molecule has 0 heterocycles. The number of sulfonamides is 1. The molecule has 0 spiro atoms. The number of hydrogen-bond acceptors (Lipinski definition) is 5. The lowest BCUT2D eigenvalue weighted by molar-refractivity contribution is -0.114. The number of esters is 1. The van der Waals surface area contributed by atoms with Crippen LogP contribution in [0.5, 0.6) is 0 Å². The van der Waals surface area contributed by atoms with E-state index in [1.54, 1.807) is 6.92 Å². The highest BCUT2D eigenvalue weighted by Crippen LogP contribution is 2.22. The van der Waals surface area contributed by atoms with Crippen LogP contribution in [0.25, 0.3) is 0 Å². The molecule has 0 atom stereocenters. The van der Waals surface area contributed by atoms with E-state index in [0.29, 0.717) is 0 Å². The van der Waals surface area contributed by atoms with Crippen LogP contribution in [0.4, 0.5) is 15.8 Å². The fourth-order valence-corrected chi connectivity index (χ4v) is 3.36. The second-order valence-corrected chi connectivity index (χ2v) is 8.02. The van der Waals surface area contributed by atoms with Crippen LogP contribution in [-0.4, -0.2) is 39.7 Å². The Bertz CT molecular complexity index is 980. The zero-order valence-corrected chi connectivity index (χ0v) is 16.7. The average molecular weight is 429 g/mol. The Morgan fingerprint density at radius 3 is 2.39 bits per heavy atom. The molecule has 0 aliphatic heterocycles. The van der Waals surface area contributed by atoms with Crippen molar-refractivity contribution in [2.24, 2.45) is 0 Å². The van der Waals surface area contributed by atoms with E-state index < -0.39 is 34.3 Å². The van der Waals surface area contributed by atoms with Crippen molar-refractivity contribution >= 4 is 44.9 Å². The third kappa shape index (κ3) is 5.67. The van der Waals surface area contributed by atoms with E-state index in [0.717, 1.165) is 22.7 Å². The van der Waals surface area contributed by atoms with E-state index in [1.165, 1.54) is 30.3 Å². The van der Waals surface area contributed by atoms with Crippen molar-refractivity contribution in [2.45, 2.75) is 6.92 Å². The highest BCUT2D eigenvalue weighted by Gasteiger charge is 2.21. The van der Waals surface area contributed by atoms with Crippen molar-refractivity contribution in [2.75, 3.05) is 29.0 Å². The zero-order chi connectivity index (χ0) is 20.9. The largest absolute Gasteiger partial charge is 0.462 e. The quantitative estimate of drug-likeness (QED) is 0.684. The number of anilines is 2. The molecule has 1 N–H and O–H groups in total. The zero-order valence-electron chi connectivity index (χ0n) is 15.1. The summed E-state index contributed by atoms with van der Waals surface area (Å²) in [5.41, 5.74) is 0.451. The maximum absolute atomic E-state index is 13.1. The van der Waals surface area contributed by atoms with Gasteiger partial charge in [0.05, 0.1) is 29.1 Å². The number of nitrogens with one attached hydrogen (secondary N) is 1. The van der Waals surface area contributed by atoms with Crippen LogP contribution in [0.15, 0.2) is 42.5 Å². The number of hydrogen-bond donors (Lipinski definition) is 1. The Morgan fingerprint density at radius 2 is 1.82 bits per heavy atom. The lowest BCUT2D eigenvalue weighted by atomic mass is 10.2. The molecule has 2 aromatic rings. The van der Waals surface area contributed by atoms with Crippen molar-refractivity contribution < 1.29 is 27.1 Å². The molecular weight excluding hydrogens is 411 g/mol. The Kier molecular flexibility index (Phi) is 6.98. The normalized spacial score (nSPS) is 11.0. The number of carbonyl (C=O) groups excluding carboxylic acids is 2. The topological polar surface area (TPSA) is 92.8 Å². The third-order valence-electron chi connectivity index (χ3n) is 3.55. The second-order valence-electron chi connectivity index (χ2n) is 5.71. The van der Waals surface area contributed by atoms with Gasteiger partial charge in [0.25, 0.3) is 0 Å². The Labute approximate surface area is 167 Å². The van der Waals surface area contributed by atoms with Gasteiger partial charge in [0.2, 0.25) is 15.9 Å². The Hall–Kier alpha value is -2.65. The van der Waals surface area contributed by atoms with Gasteiger partial charge in [-0.05, 0) is 49.4 Å². The van der Waals surface area contributed by atoms with Crippen LogP contribution in [0.2, 0.25) is 5.02 Å². The van der Waals surface area contributed by atoms with Gasteiger partial charge in [0.1, 0.15) is 12.4 Å². The monoisotopic (exact) mass is 428 g/mol. The summed E-state index contributed by atoms with van der Waals surface area (Å²) in [5, 5.41) is 2.66. The van der Waals surface area contributed by atoms with Crippen LogP contribution in [-0.2, 0) is 19.6 Å². The highest BCUT2D eigenvalue weighted by molar-refractivity contribution is 7.92. The summed E-state index contributed by atoms with van der Waals surface area (Å²) in [6.45, 7) is 1.27. The molecule has 2 rings (SSSR count). The fraction of sp³-hybridized carbons (Fsp3) is 0.222. The summed E-state index contributed by atoms with van der Waals surface area (Å²) in [6.07, 6.45) is 0.935. The van der Waals surface area contributed by atoms with Gasteiger partial charge < -0.3 is 10.1 Å². The van der Waals surface area contributed by atoms with Gasteiger partial charge in [-0.15, -0.1) is 0 Å². The van der Waals surface area contributed by atoms with Gasteiger partial charge in [-0.3, -0.25) is 9.10 Å². The van der Waals surface area contributed by atoms with E-state index in [2.05, 4.69) is 5.32 Å². The number of benzene rings is 2. The molecule has 1 amide bonds. The van der Waals surface area contributed by atoms with E-state index in [4.69, 9.17) is 16.3 Å². The molecule has 2 aromatic carbocycles. The standard InChI is InChI=1S/C18H18ClFN2O5S/c1-3-27-18(24)15-10-13(6-9-16(15)19)21-17(23)11-22(28(2,25)26)14-7-4-12(20)5-8-14/h4-10H,3,11H2,1-2H3,(H,21,23). The number of rotatable bonds is 7. The highest BCUT2D eigenvalue weighted by atomic mass is 35.5. The summed E-state index contributed by atoms with van der Waals surface area (Å²) in [7, 11) is -3.80. The molecule has 0 saturated carbocycles. The second kappa shape index (κ2) is 9.03. The fourth-order valence-electron chi connectivity index (χ4n) is 2.31. The van der Waals surface area contributed by atoms with Gasteiger partial charge in [-0.1, -0.05) is 11.6 Å². The first-order chi connectivity index (χ1) is 13.1. The maximum Gasteiger partial charge on any atom is 0.339 e. The molecule has 0 saturated heterocycles. The first-order valence-electron chi connectivity index (χ1n) is 8.11. The average Bonchev–Trinajstić information content (AvgIpc) is 2.61. The van der Waals surface area contributed by atoms with Crippen molar-refractivity contribution in [1.82, 2.24) is 0 Å². The van der Waals surface area contributed by atoms with Gasteiger partial charge in [0, 0.05) is 5.69 Å². The van der Waals surface area contributed by atoms with Crippen molar-refractivity contribution in [3.63, 3.8) is 0 Å². The molecule has 7 nitrogen and oxygen atoms in total. The minimum absolute atomic E-state index is 0.0693. The lowest BCUT2D eigenvalue weighted by Crippen LogP contribution is -2.37.